The van der Waals surface area contributed by atoms with E-state index in [0.717, 1.165) is 10.6 Å². The van der Waals surface area contributed by atoms with Crippen LogP contribution in [-0.4, -0.2) is 31.3 Å². The largest absolute Gasteiger partial charge is 0.490 e. The molecule has 0 bridgehead atoms. The quantitative estimate of drug-likeness (QED) is 0.615. The average molecular weight is 272 g/mol. The second-order valence-electron chi connectivity index (χ2n) is 5.24. The molecule has 0 aliphatic heterocycles. The van der Waals surface area contributed by atoms with Crippen LogP contribution >= 0.6 is 0 Å². The van der Waals surface area contributed by atoms with Crippen molar-refractivity contribution in [2.75, 3.05) is 13.7 Å². The summed E-state index contributed by atoms with van der Waals surface area (Å²) >= 11 is 0. The summed E-state index contributed by atoms with van der Waals surface area (Å²) in [5.74, 6) is 0.100. The lowest BCUT2D eigenvalue weighted by molar-refractivity contribution is 0.0808. The lowest BCUT2D eigenvalue weighted by Crippen LogP contribution is -2.36. The Morgan fingerprint density at radius 1 is 1.33 bits per heavy atom. The molecule has 0 fully saturated rings. The SMILES string of the molecule is COc1c[nH]c(=O)n(COCC[Si](C)(C)C)c1=O. The first-order valence-corrected chi connectivity index (χ1v) is 9.50. The van der Waals surface area contributed by atoms with Crippen molar-refractivity contribution < 1.29 is 9.47 Å². The van der Waals surface area contributed by atoms with Gasteiger partial charge in [0.05, 0.1) is 13.3 Å². The Morgan fingerprint density at radius 3 is 2.56 bits per heavy atom. The fourth-order valence-electron chi connectivity index (χ4n) is 1.29. The van der Waals surface area contributed by atoms with Gasteiger partial charge >= 0.3 is 5.69 Å². The van der Waals surface area contributed by atoms with Crippen LogP contribution in [0, 0.1) is 0 Å². The summed E-state index contributed by atoms with van der Waals surface area (Å²) in [6.07, 6.45) is 1.25. The number of aromatic nitrogens is 2. The molecule has 7 heteroatoms. The van der Waals surface area contributed by atoms with Crippen LogP contribution in [0.5, 0.6) is 5.75 Å². The smallest absolute Gasteiger partial charge is 0.330 e. The molecule has 1 aromatic heterocycles. The Kier molecular flexibility index (Phi) is 4.91. The molecular weight excluding hydrogens is 252 g/mol. The number of nitrogens with zero attached hydrogens (tertiary/aromatic N) is 1. The van der Waals surface area contributed by atoms with E-state index in [2.05, 4.69) is 24.6 Å². The fraction of sp³-hybridized carbons (Fsp3) is 0.636. The van der Waals surface area contributed by atoms with Crippen molar-refractivity contribution in [2.45, 2.75) is 32.4 Å². The van der Waals surface area contributed by atoms with Gasteiger partial charge in [-0.25, -0.2) is 9.36 Å². The lowest BCUT2D eigenvalue weighted by atomic mass is 10.6. The van der Waals surface area contributed by atoms with Crippen LogP contribution in [0.4, 0.5) is 0 Å². The first-order valence-electron chi connectivity index (χ1n) is 5.79. The van der Waals surface area contributed by atoms with Gasteiger partial charge in [0.2, 0.25) is 5.75 Å². The van der Waals surface area contributed by atoms with Gasteiger partial charge in [-0.3, -0.25) is 4.79 Å². The molecular formula is C11H20N2O4Si. The molecule has 0 amide bonds. The average Bonchev–Trinajstić information content (AvgIpc) is 2.26. The lowest BCUT2D eigenvalue weighted by Gasteiger charge is -2.15. The molecule has 0 saturated heterocycles. The zero-order chi connectivity index (χ0) is 13.8. The molecule has 1 N–H and O–H groups in total. The molecule has 0 atom stereocenters. The molecule has 0 radical (unpaired) electrons. The van der Waals surface area contributed by atoms with Gasteiger partial charge in [0.25, 0.3) is 5.56 Å². The Morgan fingerprint density at radius 2 is 2.00 bits per heavy atom. The molecule has 18 heavy (non-hydrogen) atoms. The predicted octanol–water partition coefficient (Wildman–Crippen LogP) is 0.857. The highest BCUT2D eigenvalue weighted by atomic mass is 28.3. The molecule has 1 heterocycles. The summed E-state index contributed by atoms with van der Waals surface area (Å²) in [5.41, 5.74) is -0.969. The molecule has 0 aliphatic carbocycles. The minimum Gasteiger partial charge on any atom is -0.490 e. The summed E-state index contributed by atoms with van der Waals surface area (Å²) in [6, 6.07) is 0.990. The third kappa shape index (κ3) is 4.15. The highest BCUT2D eigenvalue weighted by Crippen LogP contribution is 2.07. The molecule has 0 aromatic carbocycles. The standard InChI is InChI=1S/C11H20N2O4Si/c1-16-9-7-12-11(15)13(10(9)14)8-17-5-6-18(2,3)4/h7H,5-6,8H2,1-4H3,(H,12,15). The van der Waals surface area contributed by atoms with Crippen molar-refractivity contribution in [1.29, 1.82) is 0 Å². The van der Waals surface area contributed by atoms with Crippen molar-refractivity contribution >= 4 is 8.07 Å². The third-order valence-electron chi connectivity index (χ3n) is 2.46. The summed E-state index contributed by atoms with van der Waals surface area (Å²) in [5, 5.41) is 0. The summed E-state index contributed by atoms with van der Waals surface area (Å²) in [7, 11) is 0.217. The number of methoxy groups -OCH3 is 1. The van der Waals surface area contributed by atoms with Crippen LogP contribution in [0.3, 0.4) is 0 Å². The van der Waals surface area contributed by atoms with Gasteiger partial charge in [-0.15, -0.1) is 0 Å². The normalized spacial score (nSPS) is 11.6. The molecule has 102 valence electrons. The Labute approximate surface area is 107 Å². The molecule has 0 spiro atoms. The van der Waals surface area contributed by atoms with E-state index in [1.54, 1.807) is 0 Å². The van der Waals surface area contributed by atoms with Crippen molar-refractivity contribution in [3.63, 3.8) is 0 Å². The van der Waals surface area contributed by atoms with Crippen molar-refractivity contribution in [1.82, 2.24) is 9.55 Å². The first kappa shape index (κ1) is 14.7. The van der Waals surface area contributed by atoms with Gasteiger partial charge in [0, 0.05) is 14.7 Å². The predicted molar refractivity (Wildman–Crippen MR) is 72.0 cm³/mol. The van der Waals surface area contributed by atoms with E-state index in [0.29, 0.717) is 6.61 Å². The summed E-state index contributed by atoms with van der Waals surface area (Å²) in [4.78, 5) is 25.7. The van der Waals surface area contributed by atoms with Crippen LogP contribution in [0.2, 0.25) is 25.7 Å². The number of aromatic amines is 1. The first-order chi connectivity index (χ1) is 8.35. The maximum atomic E-state index is 11.8. The minimum atomic E-state index is -1.16. The fourth-order valence-corrected chi connectivity index (χ4v) is 2.05. The Hall–Kier alpha value is -1.34. The molecule has 1 aromatic rings. The molecule has 6 nitrogen and oxygen atoms in total. The number of rotatable bonds is 6. The van der Waals surface area contributed by atoms with Crippen LogP contribution in [0.15, 0.2) is 15.8 Å². The van der Waals surface area contributed by atoms with E-state index in [4.69, 9.17) is 9.47 Å². The van der Waals surface area contributed by atoms with Gasteiger partial charge in [-0.2, -0.15) is 0 Å². The Balaban J connectivity index is 2.68. The van der Waals surface area contributed by atoms with E-state index < -0.39 is 19.3 Å². The monoisotopic (exact) mass is 272 g/mol. The maximum absolute atomic E-state index is 11.8. The second-order valence-corrected chi connectivity index (χ2v) is 10.9. The minimum absolute atomic E-state index is 0.0458. The molecule has 0 unspecified atom stereocenters. The van der Waals surface area contributed by atoms with Gasteiger partial charge < -0.3 is 14.5 Å². The van der Waals surface area contributed by atoms with E-state index in [1.807, 2.05) is 0 Å². The highest BCUT2D eigenvalue weighted by molar-refractivity contribution is 6.76. The van der Waals surface area contributed by atoms with Crippen molar-refractivity contribution in [3.8, 4) is 5.75 Å². The van der Waals surface area contributed by atoms with Crippen molar-refractivity contribution in [3.05, 3.63) is 27.0 Å². The molecule has 0 aliphatic rings. The third-order valence-corrected chi connectivity index (χ3v) is 4.17. The van der Waals surface area contributed by atoms with Crippen LogP contribution in [-0.2, 0) is 11.5 Å². The van der Waals surface area contributed by atoms with Gasteiger partial charge in [-0.05, 0) is 6.04 Å². The summed E-state index contributed by atoms with van der Waals surface area (Å²) < 4.78 is 11.2. The number of hydrogen-bond donors (Lipinski definition) is 1. The summed E-state index contributed by atoms with van der Waals surface area (Å²) in [6.45, 7) is 7.22. The second kappa shape index (κ2) is 6.01. The maximum Gasteiger partial charge on any atom is 0.330 e. The topological polar surface area (TPSA) is 73.3 Å². The van der Waals surface area contributed by atoms with E-state index in [-0.39, 0.29) is 12.5 Å². The zero-order valence-electron chi connectivity index (χ0n) is 11.3. The molecule has 1 rings (SSSR count). The molecule has 0 saturated carbocycles. The van der Waals surface area contributed by atoms with Gasteiger partial charge in [-0.1, -0.05) is 19.6 Å². The van der Waals surface area contributed by atoms with Crippen molar-refractivity contribution in [2.24, 2.45) is 0 Å². The van der Waals surface area contributed by atoms with Gasteiger partial charge in [0.1, 0.15) is 6.73 Å². The number of hydrogen-bond acceptors (Lipinski definition) is 4. The zero-order valence-corrected chi connectivity index (χ0v) is 12.3. The van der Waals surface area contributed by atoms with Gasteiger partial charge in [0.15, 0.2) is 0 Å². The number of nitrogens with one attached hydrogen (secondary N) is 1. The number of ether oxygens (including phenoxy) is 2. The number of H-pyrrole nitrogens is 1. The van der Waals surface area contributed by atoms with Crippen LogP contribution in [0.1, 0.15) is 0 Å². The Bertz CT molecular complexity index is 501. The van der Waals surface area contributed by atoms with E-state index in [9.17, 15) is 9.59 Å². The van der Waals surface area contributed by atoms with E-state index in [1.165, 1.54) is 13.3 Å². The highest BCUT2D eigenvalue weighted by Gasteiger charge is 2.13. The van der Waals surface area contributed by atoms with Crippen LogP contribution < -0.4 is 16.0 Å². The van der Waals surface area contributed by atoms with E-state index >= 15 is 0 Å². The van der Waals surface area contributed by atoms with Crippen LogP contribution in [0.25, 0.3) is 0 Å².